The molecule has 1 saturated carbocycles. The molecule has 1 aliphatic carbocycles. The fraction of sp³-hybridized carbons (Fsp3) is 0.765. The molecule has 1 aromatic rings. The van der Waals surface area contributed by atoms with E-state index in [-0.39, 0.29) is 18.1 Å². The molecule has 1 amide bonds. The fourth-order valence-corrected chi connectivity index (χ4v) is 4.33. The summed E-state index contributed by atoms with van der Waals surface area (Å²) in [6.07, 6.45) is 5.65. The molecule has 0 N–H and O–H groups in total. The van der Waals surface area contributed by atoms with Crippen molar-refractivity contribution < 1.29 is 9.53 Å². The van der Waals surface area contributed by atoms with Gasteiger partial charge in [0.05, 0.1) is 12.1 Å². The smallest absolute Gasteiger partial charge is 0.272 e. The first-order chi connectivity index (χ1) is 11.2. The van der Waals surface area contributed by atoms with Gasteiger partial charge in [-0.25, -0.2) is 0 Å². The largest absolute Gasteiger partial charge is 0.381 e. The lowest BCUT2D eigenvalue weighted by Gasteiger charge is -2.41. The first-order valence-corrected chi connectivity index (χ1v) is 8.71. The van der Waals surface area contributed by atoms with Gasteiger partial charge in [0.25, 0.3) is 5.91 Å². The van der Waals surface area contributed by atoms with E-state index < -0.39 is 0 Å². The van der Waals surface area contributed by atoms with Crippen molar-refractivity contribution in [2.75, 3.05) is 33.3 Å². The molecule has 2 saturated heterocycles. The first kappa shape index (κ1) is 15.1. The number of methoxy groups -OCH3 is 1. The minimum absolute atomic E-state index is 0.114. The Morgan fingerprint density at radius 1 is 1.35 bits per heavy atom. The standard InChI is InChI=1S/C17H26N4O2/c1-19-14(5-7-18-19)17(22)21-8-6-16(23-2)13-10-20(11-15(13)21)9-12-3-4-12/h5,7,12-13,15-16H,3-4,6,8-11H2,1-2H3/t13-,15+,16-/m0/s1. The van der Waals surface area contributed by atoms with Gasteiger partial charge in [0.15, 0.2) is 0 Å². The van der Waals surface area contributed by atoms with Gasteiger partial charge >= 0.3 is 0 Å². The topological polar surface area (TPSA) is 50.6 Å². The highest BCUT2D eigenvalue weighted by Gasteiger charge is 2.47. The van der Waals surface area contributed by atoms with Crippen molar-refractivity contribution in [2.24, 2.45) is 18.9 Å². The van der Waals surface area contributed by atoms with Crippen molar-refractivity contribution >= 4 is 5.91 Å². The van der Waals surface area contributed by atoms with E-state index in [4.69, 9.17) is 4.74 Å². The number of hydrogen-bond donors (Lipinski definition) is 0. The summed E-state index contributed by atoms with van der Waals surface area (Å²) in [5.41, 5.74) is 0.681. The second-order valence-corrected chi connectivity index (χ2v) is 7.29. The van der Waals surface area contributed by atoms with E-state index in [1.54, 1.807) is 10.9 Å². The molecule has 6 nitrogen and oxygen atoms in total. The number of piperidine rings is 1. The average Bonchev–Trinajstić information content (AvgIpc) is 3.08. The number of fused-ring (bicyclic) bond motifs is 1. The third-order valence-electron chi connectivity index (χ3n) is 5.76. The lowest BCUT2D eigenvalue weighted by molar-refractivity contribution is -0.0160. The molecule has 0 unspecified atom stereocenters. The summed E-state index contributed by atoms with van der Waals surface area (Å²) >= 11 is 0. The zero-order valence-electron chi connectivity index (χ0n) is 14.0. The molecular weight excluding hydrogens is 292 g/mol. The van der Waals surface area contributed by atoms with Gasteiger partial charge in [-0.1, -0.05) is 0 Å². The summed E-state index contributed by atoms with van der Waals surface area (Å²) < 4.78 is 7.41. The molecule has 3 heterocycles. The van der Waals surface area contributed by atoms with Crippen molar-refractivity contribution in [1.82, 2.24) is 19.6 Å². The van der Waals surface area contributed by atoms with Crippen LogP contribution in [0.3, 0.4) is 0 Å². The van der Waals surface area contributed by atoms with Gasteiger partial charge in [-0.2, -0.15) is 5.10 Å². The van der Waals surface area contributed by atoms with E-state index in [0.717, 1.165) is 32.0 Å². The molecule has 0 bridgehead atoms. The number of nitrogens with zero attached hydrogens (tertiary/aromatic N) is 4. The van der Waals surface area contributed by atoms with Crippen molar-refractivity contribution in [3.05, 3.63) is 18.0 Å². The summed E-state index contributed by atoms with van der Waals surface area (Å²) in [7, 11) is 3.64. The summed E-state index contributed by atoms with van der Waals surface area (Å²) in [4.78, 5) is 17.6. The van der Waals surface area contributed by atoms with Crippen molar-refractivity contribution in [2.45, 2.75) is 31.4 Å². The monoisotopic (exact) mass is 318 g/mol. The maximum absolute atomic E-state index is 13.0. The Morgan fingerprint density at radius 2 is 2.17 bits per heavy atom. The highest BCUT2D eigenvalue weighted by molar-refractivity contribution is 5.92. The van der Waals surface area contributed by atoms with Crippen LogP contribution < -0.4 is 0 Å². The Morgan fingerprint density at radius 3 is 2.83 bits per heavy atom. The molecule has 4 rings (SSSR count). The molecule has 2 aliphatic heterocycles. The van der Waals surface area contributed by atoms with Crippen LogP contribution in [0.4, 0.5) is 0 Å². The molecule has 126 valence electrons. The Bertz CT molecular complexity index is 583. The van der Waals surface area contributed by atoms with Crippen LogP contribution in [0.5, 0.6) is 0 Å². The van der Waals surface area contributed by atoms with Gasteiger partial charge in [-0.15, -0.1) is 0 Å². The van der Waals surface area contributed by atoms with E-state index in [9.17, 15) is 4.79 Å². The summed E-state index contributed by atoms with van der Waals surface area (Å²) in [5.74, 6) is 1.44. The van der Waals surface area contributed by atoms with Crippen molar-refractivity contribution in [1.29, 1.82) is 0 Å². The average molecular weight is 318 g/mol. The van der Waals surface area contributed by atoms with E-state index >= 15 is 0 Å². The number of aromatic nitrogens is 2. The normalized spacial score (nSPS) is 31.4. The van der Waals surface area contributed by atoms with Crippen molar-refractivity contribution in [3.63, 3.8) is 0 Å². The molecule has 23 heavy (non-hydrogen) atoms. The van der Waals surface area contributed by atoms with Gasteiger partial charge in [-0.3, -0.25) is 9.48 Å². The van der Waals surface area contributed by atoms with Crippen LogP contribution in [-0.4, -0.2) is 70.9 Å². The number of carbonyl (C=O) groups is 1. The van der Waals surface area contributed by atoms with Crippen LogP contribution in [0.25, 0.3) is 0 Å². The second kappa shape index (κ2) is 5.91. The Kier molecular flexibility index (Phi) is 3.89. The minimum Gasteiger partial charge on any atom is -0.381 e. The molecule has 6 heteroatoms. The third kappa shape index (κ3) is 2.78. The molecule has 3 atom stereocenters. The maximum atomic E-state index is 13.0. The molecule has 0 spiro atoms. The lowest BCUT2D eigenvalue weighted by atomic mass is 9.88. The van der Waals surface area contributed by atoms with Gasteiger partial charge in [0, 0.05) is 52.5 Å². The first-order valence-electron chi connectivity index (χ1n) is 8.71. The minimum atomic E-state index is 0.114. The van der Waals surface area contributed by atoms with E-state index in [2.05, 4.69) is 14.9 Å². The van der Waals surface area contributed by atoms with Crippen molar-refractivity contribution in [3.8, 4) is 0 Å². The van der Waals surface area contributed by atoms with Crippen LogP contribution in [0.15, 0.2) is 12.3 Å². The van der Waals surface area contributed by atoms with Gasteiger partial charge in [0.1, 0.15) is 5.69 Å². The van der Waals surface area contributed by atoms with E-state index in [1.807, 2.05) is 20.2 Å². The second-order valence-electron chi connectivity index (χ2n) is 7.29. The van der Waals surface area contributed by atoms with Gasteiger partial charge < -0.3 is 14.5 Å². The zero-order valence-corrected chi connectivity index (χ0v) is 14.0. The molecule has 3 aliphatic rings. The number of ether oxygens (including phenoxy) is 1. The number of hydrogen-bond acceptors (Lipinski definition) is 4. The number of likely N-dealkylation sites (tertiary alicyclic amines) is 2. The maximum Gasteiger partial charge on any atom is 0.272 e. The molecule has 0 radical (unpaired) electrons. The quantitative estimate of drug-likeness (QED) is 0.831. The Hall–Kier alpha value is -1.40. The van der Waals surface area contributed by atoms with Gasteiger partial charge in [0.2, 0.25) is 0 Å². The van der Waals surface area contributed by atoms with Gasteiger partial charge in [-0.05, 0) is 31.2 Å². The van der Waals surface area contributed by atoms with Crippen LogP contribution in [0.2, 0.25) is 0 Å². The summed E-state index contributed by atoms with van der Waals surface area (Å²) in [6, 6.07) is 2.09. The number of amides is 1. The van der Waals surface area contributed by atoms with Crippen LogP contribution >= 0.6 is 0 Å². The number of rotatable bonds is 4. The lowest BCUT2D eigenvalue weighted by Crippen LogP contribution is -2.53. The van der Waals surface area contributed by atoms with Crippen LogP contribution in [-0.2, 0) is 11.8 Å². The molecule has 3 fully saturated rings. The number of carbonyl (C=O) groups excluding carboxylic acids is 1. The predicted octanol–water partition coefficient (Wildman–Crippen LogP) is 0.991. The van der Waals surface area contributed by atoms with Crippen LogP contribution in [0.1, 0.15) is 29.8 Å². The Balaban J connectivity index is 1.53. The summed E-state index contributed by atoms with van der Waals surface area (Å²) in [5, 5.41) is 4.15. The molecular formula is C17H26N4O2. The van der Waals surface area contributed by atoms with Crippen LogP contribution in [0, 0.1) is 11.8 Å². The third-order valence-corrected chi connectivity index (χ3v) is 5.76. The predicted molar refractivity (Wildman–Crippen MR) is 86.1 cm³/mol. The highest BCUT2D eigenvalue weighted by atomic mass is 16.5. The van der Waals surface area contributed by atoms with E-state index in [1.165, 1.54) is 19.4 Å². The highest BCUT2D eigenvalue weighted by Crippen LogP contribution is 2.36. The van der Waals surface area contributed by atoms with E-state index in [0.29, 0.717) is 11.6 Å². The summed E-state index contributed by atoms with van der Waals surface area (Å²) in [6.45, 7) is 4.03. The molecule has 0 aromatic carbocycles. The SMILES string of the molecule is CO[C@H]1CCN(C(=O)c2ccnn2C)[C@@H]2CN(CC3CC3)C[C@H]12. The Labute approximate surface area is 137 Å². The fourth-order valence-electron chi connectivity index (χ4n) is 4.33. The zero-order chi connectivity index (χ0) is 16.0. The molecule has 1 aromatic heterocycles. The number of aryl methyl sites for hydroxylation is 1.